The molecular formula is C10H24INO. The van der Waals surface area contributed by atoms with E-state index in [0.29, 0.717) is 6.42 Å². The number of halogens is 1. The number of nitrogens with zero attached hydrogens (tertiary/aromatic N) is 1. The van der Waals surface area contributed by atoms with Crippen LogP contribution in [0.15, 0.2) is 0 Å². The van der Waals surface area contributed by atoms with Gasteiger partial charge >= 0.3 is 0 Å². The molecule has 0 aliphatic carbocycles. The molecule has 0 aromatic rings. The van der Waals surface area contributed by atoms with Crippen LogP contribution in [0.5, 0.6) is 0 Å². The highest BCUT2D eigenvalue weighted by Gasteiger charge is 2.00. The van der Waals surface area contributed by atoms with Crippen molar-refractivity contribution in [3.63, 3.8) is 0 Å². The van der Waals surface area contributed by atoms with Gasteiger partial charge in [-0.05, 0) is 6.42 Å². The van der Waals surface area contributed by atoms with Gasteiger partial charge in [0.2, 0.25) is 5.91 Å². The Kier molecular flexibility index (Phi) is 21.4. The molecule has 1 amide bonds. The number of carbonyl (C=O) groups excluding carboxylic acids is 1. The summed E-state index contributed by atoms with van der Waals surface area (Å²) >= 11 is 0. The van der Waals surface area contributed by atoms with E-state index in [0.717, 1.165) is 12.8 Å². The highest BCUT2D eigenvalue weighted by molar-refractivity contribution is 14.0. The molecule has 0 unspecified atom stereocenters. The molecule has 0 aliphatic heterocycles. The predicted molar refractivity (Wildman–Crippen MR) is 69.6 cm³/mol. The van der Waals surface area contributed by atoms with Crippen molar-refractivity contribution in [2.24, 2.45) is 0 Å². The molecule has 0 fully saturated rings. The van der Waals surface area contributed by atoms with Gasteiger partial charge < -0.3 is 4.90 Å². The van der Waals surface area contributed by atoms with Crippen LogP contribution >= 0.6 is 24.0 Å². The molecule has 13 heavy (non-hydrogen) atoms. The van der Waals surface area contributed by atoms with E-state index >= 15 is 0 Å². The van der Waals surface area contributed by atoms with Gasteiger partial charge in [-0.2, -0.15) is 0 Å². The summed E-state index contributed by atoms with van der Waals surface area (Å²) in [6.45, 7) is 6.34. The van der Waals surface area contributed by atoms with Crippen LogP contribution < -0.4 is 0 Å². The number of hydrogen-bond acceptors (Lipinski definition) is 1. The SMILES string of the molecule is CCC.CCCCC(=O)N(C)C.I. The van der Waals surface area contributed by atoms with Crippen molar-refractivity contribution in [3.8, 4) is 0 Å². The number of amides is 1. The highest BCUT2D eigenvalue weighted by Crippen LogP contribution is 1.95. The first-order valence-corrected chi connectivity index (χ1v) is 4.80. The van der Waals surface area contributed by atoms with Gasteiger partial charge in [0.05, 0.1) is 0 Å². The molecule has 0 N–H and O–H groups in total. The maximum atomic E-state index is 10.8. The molecule has 0 radical (unpaired) electrons. The standard InChI is InChI=1S/C7H15NO.C3H8.HI/c1-4-5-6-7(9)8(2)3;1-3-2;/h4-6H2,1-3H3;3H2,1-2H3;1H. The minimum Gasteiger partial charge on any atom is -0.349 e. The molecule has 0 atom stereocenters. The molecular weight excluding hydrogens is 277 g/mol. The Morgan fingerprint density at radius 3 is 1.77 bits per heavy atom. The maximum absolute atomic E-state index is 10.8. The monoisotopic (exact) mass is 301 g/mol. The van der Waals surface area contributed by atoms with Gasteiger partial charge in [0.15, 0.2) is 0 Å². The van der Waals surface area contributed by atoms with Crippen LogP contribution in [-0.2, 0) is 4.79 Å². The quantitative estimate of drug-likeness (QED) is 0.732. The highest BCUT2D eigenvalue weighted by atomic mass is 127. The second-order valence-electron chi connectivity index (χ2n) is 3.10. The third-order valence-corrected chi connectivity index (χ3v) is 1.24. The van der Waals surface area contributed by atoms with Crippen LogP contribution in [0, 0.1) is 0 Å². The van der Waals surface area contributed by atoms with E-state index in [2.05, 4.69) is 20.8 Å². The molecule has 82 valence electrons. The van der Waals surface area contributed by atoms with E-state index in [1.54, 1.807) is 19.0 Å². The molecule has 0 heterocycles. The fourth-order valence-electron chi connectivity index (χ4n) is 0.552. The average molecular weight is 301 g/mol. The molecule has 0 bridgehead atoms. The van der Waals surface area contributed by atoms with Crippen LogP contribution in [0.3, 0.4) is 0 Å². The molecule has 0 aliphatic rings. The van der Waals surface area contributed by atoms with Crippen LogP contribution in [-0.4, -0.2) is 24.9 Å². The van der Waals surface area contributed by atoms with E-state index in [9.17, 15) is 4.79 Å². The fraction of sp³-hybridized carbons (Fsp3) is 0.900. The van der Waals surface area contributed by atoms with Gasteiger partial charge in [-0.1, -0.05) is 33.6 Å². The zero-order valence-corrected chi connectivity index (χ0v) is 11.9. The third kappa shape index (κ3) is 18.9. The zero-order chi connectivity index (χ0) is 9.98. The third-order valence-electron chi connectivity index (χ3n) is 1.24. The smallest absolute Gasteiger partial charge is 0.222 e. The van der Waals surface area contributed by atoms with Gasteiger partial charge in [0, 0.05) is 20.5 Å². The van der Waals surface area contributed by atoms with Crippen molar-refractivity contribution in [3.05, 3.63) is 0 Å². The van der Waals surface area contributed by atoms with E-state index in [1.807, 2.05) is 0 Å². The Balaban J connectivity index is -0.000000220. The molecule has 3 heteroatoms. The Morgan fingerprint density at radius 2 is 1.54 bits per heavy atom. The Bertz CT molecular complexity index is 105. The number of carbonyl (C=O) groups is 1. The topological polar surface area (TPSA) is 20.3 Å². The summed E-state index contributed by atoms with van der Waals surface area (Å²) in [5, 5.41) is 0. The second kappa shape index (κ2) is 14.7. The van der Waals surface area contributed by atoms with Crippen LogP contribution in [0.25, 0.3) is 0 Å². The van der Waals surface area contributed by atoms with Crippen molar-refractivity contribution in [2.45, 2.75) is 46.5 Å². The normalized spacial score (nSPS) is 7.77. The minimum atomic E-state index is 0. The largest absolute Gasteiger partial charge is 0.349 e. The van der Waals surface area contributed by atoms with Crippen molar-refractivity contribution in [2.75, 3.05) is 14.1 Å². The lowest BCUT2D eigenvalue weighted by Gasteiger charge is -2.08. The summed E-state index contributed by atoms with van der Waals surface area (Å²) in [4.78, 5) is 12.5. The summed E-state index contributed by atoms with van der Waals surface area (Å²) in [7, 11) is 3.58. The van der Waals surface area contributed by atoms with Gasteiger partial charge in [-0.3, -0.25) is 4.79 Å². The van der Waals surface area contributed by atoms with E-state index in [4.69, 9.17) is 0 Å². The molecule has 0 rings (SSSR count). The van der Waals surface area contributed by atoms with E-state index < -0.39 is 0 Å². The Morgan fingerprint density at radius 1 is 1.15 bits per heavy atom. The first-order valence-electron chi connectivity index (χ1n) is 4.80. The average Bonchev–Trinajstić information content (AvgIpc) is 2.01. The Hall–Kier alpha value is 0.200. The molecule has 0 aromatic carbocycles. The maximum Gasteiger partial charge on any atom is 0.222 e. The number of hydrogen-bond donors (Lipinski definition) is 0. The van der Waals surface area contributed by atoms with Crippen molar-refractivity contribution in [1.29, 1.82) is 0 Å². The summed E-state index contributed by atoms with van der Waals surface area (Å²) in [6.07, 6.45) is 4.06. The van der Waals surface area contributed by atoms with Gasteiger partial charge in [-0.25, -0.2) is 0 Å². The number of unbranched alkanes of at least 4 members (excludes halogenated alkanes) is 1. The van der Waals surface area contributed by atoms with Crippen molar-refractivity contribution in [1.82, 2.24) is 4.90 Å². The van der Waals surface area contributed by atoms with E-state index in [1.165, 1.54) is 6.42 Å². The van der Waals surface area contributed by atoms with Crippen LogP contribution in [0.1, 0.15) is 46.5 Å². The first-order chi connectivity index (χ1) is 5.59. The van der Waals surface area contributed by atoms with Crippen molar-refractivity contribution >= 4 is 29.9 Å². The van der Waals surface area contributed by atoms with Gasteiger partial charge in [0.25, 0.3) is 0 Å². The first kappa shape index (κ1) is 18.9. The lowest BCUT2D eigenvalue weighted by atomic mass is 10.2. The predicted octanol–water partition coefficient (Wildman–Crippen LogP) is 3.30. The van der Waals surface area contributed by atoms with E-state index in [-0.39, 0.29) is 29.9 Å². The van der Waals surface area contributed by atoms with Gasteiger partial charge in [-0.15, -0.1) is 24.0 Å². The minimum absolute atomic E-state index is 0. The summed E-state index contributed by atoms with van der Waals surface area (Å²) in [6, 6.07) is 0. The Labute approximate surface area is 100 Å². The molecule has 2 nitrogen and oxygen atoms in total. The zero-order valence-electron chi connectivity index (χ0n) is 9.59. The lowest BCUT2D eigenvalue weighted by molar-refractivity contribution is -0.128. The van der Waals surface area contributed by atoms with Crippen LogP contribution in [0.2, 0.25) is 0 Å². The van der Waals surface area contributed by atoms with Crippen molar-refractivity contribution < 1.29 is 4.79 Å². The summed E-state index contributed by atoms with van der Waals surface area (Å²) in [5.41, 5.74) is 0. The molecule has 0 saturated heterocycles. The summed E-state index contributed by atoms with van der Waals surface area (Å²) < 4.78 is 0. The number of rotatable bonds is 3. The van der Waals surface area contributed by atoms with Crippen LogP contribution in [0.4, 0.5) is 0 Å². The molecule has 0 aromatic heterocycles. The summed E-state index contributed by atoms with van der Waals surface area (Å²) in [5.74, 6) is 0.233. The molecule has 0 spiro atoms. The lowest BCUT2D eigenvalue weighted by Crippen LogP contribution is -2.20. The fourth-order valence-corrected chi connectivity index (χ4v) is 0.552. The van der Waals surface area contributed by atoms with Gasteiger partial charge in [0.1, 0.15) is 0 Å². The second-order valence-corrected chi connectivity index (χ2v) is 3.10. The molecule has 0 saturated carbocycles.